The molecule has 0 spiro atoms. The predicted molar refractivity (Wildman–Crippen MR) is 75.1 cm³/mol. The molecule has 8 nitrogen and oxygen atoms in total. The fraction of sp³-hybridized carbons (Fsp3) is 0.667. The summed E-state index contributed by atoms with van der Waals surface area (Å²) in [7, 11) is 0. The summed E-state index contributed by atoms with van der Waals surface area (Å²) in [6.45, 7) is 5.11. The lowest BCUT2D eigenvalue weighted by atomic mass is 10.4. The zero-order chi connectivity index (χ0) is 14.7. The Bertz CT molecular complexity index is 580. The number of aliphatic hydroxyl groups is 1. The average Bonchev–Trinajstić information content (AvgIpc) is 2.76. The summed E-state index contributed by atoms with van der Waals surface area (Å²) in [5, 5.41) is 12.0. The van der Waals surface area contributed by atoms with Crippen LogP contribution in [0.25, 0.3) is 0 Å². The van der Waals surface area contributed by atoms with Gasteiger partial charge in [0.05, 0.1) is 0 Å². The van der Waals surface area contributed by atoms with Crippen molar-refractivity contribution in [3.63, 3.8) is 0 Å². The summed E-state index contributed by atoms with van der Waals surface area (Å²) in [5.41, 5.74) is -0.557. The molecule has 1 aliphatic heterocycles. The number of fused-ring (bicyclic) bond motifs is 1. The van der Waals surface area contributed by atoms with Gasteiger partial charge >= 0.3 is 5.69 Å². The summed E-state index contributed by atoms with van der Waals surface area (Å²) in [5.74, 6) is 0.521. The van der Waals surface area contributed by atoms with Crippen LogP contribution in [0.3, 0.4) is 0 Å². The van der Waals surface area contributed by atoms with E-state index in [2.05, 4.69) is 10.3 Å². The molecule has 0 aliphatic carbocycles. The largest absolute Gasteiger partial charge is 0.396 e. The van der Waals surface area contributed by atoms with Crippen LogP contribution in [-0.4, -0.2) is 40.8 Å². The molecule has 1 unspecified atom stereocenters. The van der Waals surface area contributed by atoms with Gasteiger partial charge in [-0.2, -0.15) is 0 Å². The van der Waals surface area contributed by atoms with Gasteiger partial charge in [-0.1, -0.05) is 0 Å². The van der Waals surface area contributed by atoms with E-state index in [1.54, 1.807) is 4.90 Å². The number of H-pyrrole nitrogens is 1. The minimum Gasteiger partial charge on any atom is -0.396 e. The molecule has 0 saturated heterocycles. The molecule has 20 heavy (non-hydrogen) atoms. The minimum atomic E-state index is -0.498. The number of aromatic nitrogens is 2. The number of nitrogens with zero attached hydrogens (tertiary/aromatic N) is 2. The van der Waals surface area contributed by atoms with E-state index in [4.69, 9.17) is 9.84 Å². The Labute approximate surface area is 116 Å². The normalized spacial score (nSPS) is 17.1. The summed E-state index contributed by atoms with van der Waals surface area (Å²) >= 11 is 0. The number of anilines is 2. The van der Waals surface area contributed by atoms with Crippen molar-refractivity contribution in [3.05, 3.63) is 20.8 Å². The molecule has 112 valence electrons. The standard InChI is InChI=1S/C12H20N4O4/c1-3-15-10-8(9(18)14-11(15)19)13-12(20-4-2)16(10)6-5-7-17/h12-13,17H,3-7H2,1-2H3,(H,14,18,19). The number of aromatic amines is 1. The second kappa shape index (κ2) is 6.10. The van der Waals surface area contributed by atoms with Gasteiger partial charge < -0.3 is 20.1 Å². The number of aliphatic hydroxyl groups excluding tert-OH is 1. The zero-order valence-corrected chi connectivity index (χ0v) is 11.7. The monoisotopic (exact) mass is 284 g/mol. The van der Waals surface area contributed by atoms with E-state index in [0.717, 1.165) is 0 Å². The van der Waals surface area contributed by atoms with Crippen molar-refractivity contribution in [1.29, 1.82) is 0 Å². The smallest absolute Gasteiger partial charge is 0.330 e. The summed E-state index contributed by atoms with van der Waals surface area (Å²) < 4.78 is 7.04. The molecule has 1 atom stereocenters. The van der Waals surface area contributed by atoms with Crippen molar-refractivity contribution in [2.75, 3.05) is 30.0 Å². The third-order valence-corrected chi connectivity index (χ3v) is 3.19. The van der Waals surface area contributed by atoms with Gasteiger partial charge in [-0.3, -0.25) is 14.3 Å². The van der Waals surface area contributed by atoms with Crippen LogP contribution >= 0.6 is 0 Å². The van der Waals surface area contributed by atoms with Crippen molar-refractivity contribution in [3.8, 4) is 0 Å². The van der Waals surface area contributed by atoms with Gasteiger partial charge in [0, 0.05) is 26.3 Å². The van der Waals surface area contributed by atoms with Crippen molar-refractivity contribution in [1.82, 2.24) is 9.55 Å². The summed E-state index contributed by atoms with van der Waals surface area (Å²) in [6, 6.07) is 0. The molecule has 2 heterocycles. The van der Waals surface area contributed by atoms with Gasteiger partial charge in [-0.15, -0.1) is 0 Å². The van der Waals surface area contributed by atoms with Gasteiger partial charge in [0.25, 0.3) is 5.56 Å². The second-order valence-corrected chi connectivity index (χ2v) is 4.42. The summed E-state index contributed by atoms with van der Waals surface area (Å²) in [4.78, 5) is 27.9. The molecule has 2 rings (SSSR count). The third kappa shape index (κ3) is 2.44. The lowest BCUT2D eigenvalue weighted by Gasteiger charge is -2.26. The van der Waals surface area contributed by atoms with E-state index < -0.39 is 17.6 Å². The first-order chi connectivity index (χ1) is 9.63. The molecular formula is C12H20N4O4. The minimum absolute atomic E-state index is 0.0320. The Hall–Kier alpha value is -1.80. The van der Waals surface area contributed by atoms with Crippen LogP contribution in [0.1, 0.15) is 20.3 Å². The highest BCUT2D eigenvalue weighted by molar-refractivity contribution is 5.71. The van der Waals surface area contributed by atoms with Crippen molar-refractivity contribution < 1.29 is 9.84 Å². The fourth-order valence-electron chi connectivity index (χ4n) is 2.35. The molecule has 1 aromatic rings. The second-order valence-electron chi connectivity index (χ2n) is 4.42. The van der Waals surface area contributed by atoms with Crippen LogP contribution in [0, 0.1) is 0 Å². The van der Waals surface area contributed by atoms with E-state index >= 15 is 0 Å². The van der Waals surface area contributed by atoms with Crippen molar-refractivity contribution in [2.24, 2.45) is 0 Å². The molecule has 0 radical (unpaired) electrons. The lowest BCUT2D eigenvalue weighted by Crippen LogP contribution is -2.41. The van der Waals surface area contributed by atoms with Crippen LogP contribution < -0.4 is 21.5 Å². The lowest BCUT2D eigenvalue weighted by molar-refractivity contribution is 0.0824. The van der Waals surface area contributed by atoms with E-state index in [1.807, 2.05) is 13.8 Å². The maximum Gasteiger partial charge on any atom is 0.330 e. The van der Waals surface area contributed by atoms with Gasteiger partial charge in [-0.05, 0) is 20.3 Å². The number of nitrogens with one attached hydrogen (secondary N) is 2. The van der Waals surface area contributed by atoms with Crippen molar-refractivity contribution in [2.45, 2.75) is 33.2 Å². The summed E-state index contributed by atoms with van der Waals surface area (Å²) in [6.07, 6.45) is 0.0253. The highest BCUT2D eigenvalue weighted by atomic mass is 16.5. The number of ether oxygens (including phenoxy) is 1. The van der Waals surface area contributed by atoms with Gasteiger partial charge in [0.2, 0.25) is 6.35 Å². The first-order valence-electron chi connectivity index (χ1n) is 6.76. The predicted octanol–water partition coefficient (Wildman–Crippen LogP) is -0.509. The van der Waals surface area contributed by atoms with E-state index in [9.17, 15) is 9.59 Å². The third-order valence-electron chi connectivity index (χ3n) is 3.19. The van der Waals surface area contributed by atoms with E-state index in [-0.39, 0.29) is 6.61 Å². The van der Waals surface area contributed by atoms with Gasteiger partial charge in [-0.25, -0.2) is 4.79 Å². The average molecular weight is 284 g/mol. The highest BCUT2D eigenvalue weighted by Gasteiger charge is 2.33. The SMILES string of the molecule is CCOC1Nc2c(n(CC)c(=O)[nH]c2=O)N1CCCO. The molecule has 0 bridgehead atoms. The maximum absolute atomic E-state index is 11.9. The topological polar surface area (TPSA) is 99.6 Å². The van der Waals surface area contributed by atoms with E-state index in [1.165, 1.54) is 4.57 Å². The first-order valence-corrected chi connectivity index (χ1v) is 6.76. The zero-order valence-electron chi connectivity index (χ0n) is 11.7. The molecule has 3 N–H and O–H groups in total. The van der Waals surface area contributed by atoms with Crippen LogP contribution in [0.2, 0.25) is 0 Å². The Morgan fingerprint density at radius 3 is 2.70 bits per heavy atom. The van der Waals surface area contributed by atoms with Crippen LogP contribution in [-0.2, 0) is 11.3 Å². The Morgan fingerprint density at radius 1 is 1.35 bits per heavy atom. The number of rotatable bonds is 6. The molecule has 8 heteroatoms. The maximum atomic E-state index is 11.9. The molecule has 1 aromatic heterocycles. The first kappa shape index (κ1) is 14.6. The quantitative estimate of drug-likeness (QED) is 0.651. The molecular weight excluding hydrogens is 264 g/mol. The van der Waals surface area contributed by atoms with Crippen LogP contribution in [0.15, 0.2) is 9.59 Å². The van der Waals surface area contributed by atoms with Crippen LogP contribution in [0.5, 0.6) is 0 Å². The fourth-order valence-corrected chi connectivity index (χ4v) is 2.35. The van der Waals surface area contributed by atoms with Gasteiger partial charge in [0.15, 0.2) is 0 Å². The molecule has 1 aliphatic rings. The van der Waals surface area contributed by atoms with E-state index in [0.29, 0.717) is 37.6 Å². The molecule has 0 fully saturated rings. The molecule has 0 saturated carbocycles. The number of hydrogen-bond acceptors (Lipinski definition) is 6. The Morgan fingerprint density at radius 2 is 2.10 bits per heavy atom. The molecule has 0 aromatic carbocycles. The van der Waals surface area contributed by atoms with Crippen molar-refractivity contribution >= 4 is 11.5 Å². The Kier molecular flexibility index (Phi) is 4.46. The van der Waals surface area contributed by atoms with Gasteiger partial charge in [0.1, 0.15) is 11.5 Å². The number of hydrogen-bond donors (Lipinski definition) is 3. The Balaban J connectivity index is 2.50. The highest BCUT2D eigenvalue weighted by Crippen LogP contribution is 2.30. The molecule has 0 amide bonds. The van der Waals surface area contributed by atoms with Crippen LogP contribution in [0.4, 0.5) is 11.5 Å².